The van der Waals surface area contributed by atoms with E-state index in [1.165, 1.54) is 0 Å². The lowest BCUT2D eigenvalue weighted by Gasteiger charge is -1.97. The van der Waals surface area contributed by atoms with E-state index in [1.54, 1.807) is 30.9 Å². The van der Waals surface area contributed by atoms with Gasteiger partial charge in [0.25, 0.3) is 5.89 Å². The molecule has 0 fully saturated rings. The van der Waals surface area contributed by atoms with Crippen LogP contribution in [0.25, 0.3) is 22.8 Å². The van der Waals surface area contributed by atoms with Crippen LogP contribution in [0, 0.1) is 0 Å². The van der Waals surface area contributed by atoms with Crippen LogP contribution in [-0.2, 0) is 6.54 Å². The Morgan fingerprint density at radius 2 is 2.17 bits per heavy atom. The van der Waals surface area contributed by atoms with Crippen LogP contribution in [0.4, 0.5) is 0 Å². The lowest BCUT2D eigenvalue weighted by Crippen LogP contribution is -1.98. The Morgan fingerprint density at radius 3 is 2.94 bits per heavy atom. The van der Waals surface area contributed by atoms with Crippen molar-refractivity contribution in [1.29, 1.82) is 0 Å². The summed E-state index contributed by atoms with van der Waals surface area (Å²) in [6.07, 6.45) is 4.79. The molecule has 0 atom stereocenters. The maximum atomic E-state index is 5.54. The highest BCUT2D eigenvalue weighted by molar-refractivity contribution is 5.58. The van der Waals surface area contributed by atoms with E-state index in [0.717, 1.165) is 16.8 Å². The first-order chi connectivity index (χ1) is 8.86. The van der Waals surface area contributed by atoms with Crippen LogP contribution in [-0.4, -0.2) is 15.1 Å². The molecule has 0 aliphatic rings. The molecule has 3 aromatic heterocycles. The van der Waals surface area contributed by atoms with Gasteiger partial charge in [-0.15, -0.1) is 0 Å². The van der Waals surface area contributed by atoms with Crippen LogP contribution in [0.2, 0.25) is 0 Å². The molecule has 6 nitrogen and oxygen atoms in total. The first kappa shape index (κ1) is 10.7. The Kier molecular flexibility index (Phi) is 2.62. The molecule has 0 aliphatic heterocycles. The highest BCUT2D eigenvalue weighted by Crippen LogP contribution is 2.22. The van der Waals surface area contributed by atoms with E-state index in [9.17, 15) is 0 Å². The Labute approximate surface area is 102 Å². The molecule has 0 saturated heterocycles. The highest BCUT2D eigenvalue weighted by atomic mass is 16.5. The molecule has 0 aliphatic carbocycles. The zero-order valence-corrected chi connectivity index (χ0v) is 9.41. The SMILES string of the molecule is NCc1cc(-c2nc(-c3ccoc3)no2)ccn1. The van der Waals surface area contributed by atoms with E-state index in [0.29, 0.717) is 18.3 Å². The number of rotatable bonds is 3. The third-order valence-corrected chi connectivity index (χ3v) is 2.48. The van der Waals surface area contributed by atoms with E-state index >= 15 is 0 Å². The van der Waals surface area contributed by atoms with Gasteiger partial charge >= 0.3 is 0 Å². The molecule has 0 unspecified atom stereocenters. The van der Waals surface area contributed by atoms with Gasteiger partial charge in [0.15, 0.2) is 0 Å². The first-order valence-electron chi connectivity index (χ1n) is 5.38. The topological polar surface area (TPSA) is 91.0 Å². The number of nitrogens with two attached hydrogens (primary N) is 1. The molecule has 0 saturated carbocycles. The molecule has 0 aromatic carbocycles. The van der Waals surface area contributed by atoms with Crippen molar-refractivity contribution in [2.75, 3.05) is 0 Å². The first-order valence-corrected chi connectivity index (χ1v) is 5.38. The Bertz CT molecular complexity index is 646. The largest absolute Gasteiger partial charge is 0.472 e. The summed E-state index contributed by atoms with van der Waals surface area (Å²) in [7, 11) is 0. The van der Waals surface area contributed by atoms with Crippen molar-refractivity contribution in [2.24, 2.45) is 5.73 Å². The lowest BCUT2D eigenvalue weighted by molar-refractivity contribution is 0.432. The Morgan fingerprint density at radius 1 is 1.22 bits per heavy atom. The molecule has 3 aromatic rings. The van der Waals surface area contributed by atoms with Gasteiger partial charge in [0.05, 0.1) is 17.5 Å². The molecule has 0 radical (unpaired) electrons. The predicted molar refractivity (Wildman–Crippen MR) is 63.1 cm³/mol. The minimum absolute atomic E-state index is 0.372. The summed E-state index contributed by atoms with van der Waals surface area (Å²) in [5, 5.41) is 3.89. The molecular weight excluding hydrogens is 232 g/mol. The molecular formula is C12H10N4O2. The van der Waals surface area contributed by atoms with Gasteiger partial charge in [0, 0.05) is 18.3 Å². The highest BCUT2D eigenvalue weighted by Gasteiger charge is 2.11. The fourth-order valence-corrected chi connectivity index (χ4v) is 1.57. The van der Waals surface area contributed by atoms with E-state index in [-0.39, 0.29) is 0 Å². The number of hydrogen-bond acceptors (Lipinski definition) is 6. The average molecular weight is 242 g/mol. The summed E-state index contributed by atoms with van der Waals surface area (Å²) in [4.78, 5) is 8.40. The smallest absolute Gasteiger partial charge is 0.258 e. The minimum Gasteiger partial charge on any atom is -0.472 e. The summed E-state index contributed by atoms with van der Waals surface area (Å²) in [6, 6.07) is 5.39. The minimum atomic E-state index is 0.372. The fourth-order valence-electron chi connectivity index (χ4n) is 1.57. The van der Waals surface area contributed by atoms with Crippen LogP contribution < -0.4 is 5.73 Å². The third-order valence-electron chi connectivity index (χ3n) is 2.48. The number of pyridine rings is 1. The van der Waals surface area contributed by atoms with Crippen molar-refractivity contribution in [2.45, 2.75) is 6.54 Å². The van der Waals surface area contributed by atoms with Gasteiger partial charge in [-0.3, -0.25) is 4.98 Å². The fraction of sp³-hybridized carbons (Fsp3) is 0.0833. The normalized spacial score (nSPS) is 10.7. The number of nitrogens with zero attached hydrogens (tertiary/aromatic N) is 3. The Balaban J connectivity index is 1.97. The second-order valence-corrected chi connectivity index (χ2v) is 3.68. The van der Waals surface area contributed by atoms with Crippen molar-refractivity contribution in [3.05, 3.63) is 42.6 Å². The van der Waals surface area contributed by atoms with Crippen molar-refractivity contribution in [3.8, 4) is 22.8 Å². The van der Waals surface area contributed by atoms with E-state index in [4.69, 9.17) is 14.7 Å². The second-order valence-electron chi connectivity index (χ2n) is 3.68. The summed E-state index contributed by atoms with van der Waals surface area (Å²) in [6.45, 7) is 0.372. The Hall–Kier alpha value is -2.47. The molecule has 18 heavy (non-hydrogen) atoms. The van der Waals surface area contributed by atoms with Gasteiger partial charge in [-0.25, -0.2) is 0 Å². The van der Waals surface area contributed by atoms with E-state index in [1.807, 2.05) is 6.07 Å². The van der Waals surface area contributed by atoms with Gasteiger partial charge in [0.2, 0.25) is 5.82 Å². The third kappa shape index (κ3) is 1.89. The van der Waals surface area contributed by atoms with Crippen molar-refractivity contribution in [1.82, 2.24) is 15.1 Å². The zero-order valence-electron chi connectivity index (χ0n) is 9.41. The van der Waals surface area contributed by atoms with Crippen LogP contribution >= 0.6 is 0 Å². The molecule has 90 valence electrons. The van der Waals surface area contributed by atoms with Crippen molar-refractivity contribution >= 4 is 0 Å². The summed E-state index contributed by atoms with van der Waals surface area (Å²) >= 11 is 0. The molecule has 6 heteroatoms. The monoisotopic (exact) mass is 242 g/mol. The van der Waals surface area contributed by atoms with Gasteiger partial charge in [-0.2, -0.15) is 4.98 Å². The van der Waals surface area contributed by atoms with Crippen molar-refractivity contribution < 1.29 is 8.94 Å². The number of aromatic nitrogens is 3. The zero-order chi connectivity index (χ0) is 12.4. The summed E-state index contributed by atoms with van der Waals surface area (Å²) in [5.74, 6) is 0.924. The summed E-state index contributed by atoms with van der Waals surface area (Å²) in [5.41, 5.74) is 7.89. The van der Waals surface area contributed by atoms with Gasteiger partial charge in [-0.05, 0) is 18.2 Å². The molecule has 2 N–H and O–H groups in total. The quantitative estimate of drug-likeness (QED) is 0.753. The predicted octanol–water partition coefficient (Wildman–Crippen LogP) is 1.85. The maximum Gasteiger partial charge on any atom is 0.258 e. The molecule has 0 amide bonds. The van der Waals surface area contributed by atoms with Gasteiger partial charge in [-0.1, -0.05) is 5.16 Å². The van der Waals surface area contributed by atoms with Crippen LogP contribution in [0.3, 0.4) is 0 Å². The van der Waals surface area contributed by atoms with E-state index in [2.05, 4.69) is 15.1 Å². The van der Waals surface area contributed by atoms with Crippen molar-refractivity contribution in [3.63, 3.8) is 0 Å². The number of furan rings is 1. The number of hydrogen-bond donors (Lipinski definition) is 1. The summed E-state index contributed by atoms with van der Waals surface area (Å²) < 4.78 is 10.2. The molecule has 0 spiro atoms. The van der Waals surface area contributed by atoms with Crippen LogP contribution in [0.15, 0.2) is 45.9 Å². The maximum absolute atomic E-state index is 5.54. The second kappa shape index (κ2) is 4.42. The van der Waals surface area contributed by atoms with E-state index < -0.39 is 0 Å². The standard InChI is InChI=1S/C12H10N4O2/c13-6-10-5-8(1-3-14-10)12-15-11(16-18-12)9-2-4-17-7-9/h1-5,7H,6,13H2. The molecule has 0 bridgehead atoms. The lowest BCUT2D eigenvalue weighted by atomic mass is 10.2. The van der Waals surface area contributed by atoms with Gasteiger partial charge < -0.3 is 14.7 Å². The molecule has 3 heterocycles. The average Bonchev–Trinajstić information content (AvgIpc) is 3.09. The van der Waals surface area contributed by atoms with Gasteiger partial charge in [0.1, 0.15) is 6.26 Å². The van der Waals surface area contributed by atoms with Crippen LogP contribution in [0.1, 0.15) is 5.69 Å². The van der Waals surface area contributed by atoms with Crippen LogP contribution in [0.5, 0.6) is 0 Å². The molecule has 3 rings (SSSR count).